The second kappa shape index (κ2) is 9.36. The van der Waals surface area contributed by atoms with E-state index in [9.17, 15) is 9.59 Å². The zero-order valence-electron chi connectivity index (χ0n) is 15.5. The topological polar surface area (TPSA) is 93.5 Å². The molecule has 0 spiro atoms. The van der Waals surface area contributed by atoms with E-state index in [1.165, 1.54) is 0 Å². The zero-order valence-corrected chi connectivity index (χ0v) is 15.5. The molecule has 2 N–H and O–H groups in total. The van der Waals surface area contributed by atoms with Crippen LogP contribution in [0.15, 0.2) is 65.2 Å². The number of hydrogen-bond donors (Lipinski definition) is 2. The second-order valence-corrected chi connectivity index (χ2v) is 6.06. The molecule has 0 bridgehead atoms. The van der Waals surface area contributed by atoms with Crippen LogP contribution in [-0.4, -0.2) is 23.8 Å². The molecule has 0 atom stereocenters. The molecule has 2 amide bonds. The predicted molar refractivity (Wildman–Crippen MR) is 106 cm³/mol. The number of aromatic nitrogens is 1. The predicted octanol–water partition coefficient (Wildman–Crippen LogP) is 4.94. The van der Waals surface area contributed by atoms with Crippen molar-refractivity contribution in [1.82, 2.24) is 5.16 Å². The SMILES string of the molecule is CCCCOC(=O)c1ccccc1NC(=O)Nc1cc(-c2ccccc2)on1. The number of benzene rings is 2. The number of hydrogen-bond acceptors (Lipinski definition) is 5. The van der Waals surface area contributed by atoms with Crippen molar-refractivity contribution < 1.29 is 18.8 Å². The summed E-state index contributed by atoms with van der Waals surface area (Å²) in [5.74, 6) is 0.326. The van der Waals surface area contributed by atoms with E-state index >= 15 is 0 Å². The Morgan fingerprint density at radius 1 is 1.04 bits per heavy atom. The van der Waals surface area contributed by atoms with Gasteiger partial charge in [0, 0.05) is 11.6 Å². The van der Waals surface area contributed by atoms with Gasteiger partial charge in [0.15, 0.2) is 11.6 Å². The molecule has 3 aromatic rings. The van der Waals surface area contributed by atoms with E-state index in [0.29, 0.717) is 23.6 Å². The number of nitrogens with one attached hydrogen (secondary N) is 2. The summed E-state index contributed by atoms with van der Waals surface area (Å²) in [5.41, 5.74) is 1.50. The fourth-order valence-electron chi connectivity index (χ4n) is 2.50. The van der Waals surface area contributed by atoms with Crippen LogP contribution < -0.4 is 10.6 Å². The molecule has 3 rings (SSSR count). The Morgan fingerprint density at radius 2 is 1.79 bits per heavy atom. The monoisotopic (exact) mass is 379 g/mol. The highest BCUT2D eigenvalue weighted by Gasteiger charge is 2.15. The van der Waals surface area contributed by atoms with Crippen molar-refractivity contribution in [3.05, 3.63) is 66.2 Å². The number of nitrogens with zero attached hydrogens (tertiary/aromatic N) is 1. The maximum absolute atomic E-state index is 12.3. The number of esters is 1. The Kier molecular flexibility index (Phi) is 6.41. The minimum atomic E-state index is -0.540. The molecule has 0 saturated heterocycles. The summed E-state index contributed by atoms with van der Waals surface area (Å²) in [7, 11) is 0. The molecule has 0 aliphatic heterocycles. The normalized spacial score (nSPS) is 10.3. The number of anilines is 2. The summed E-state index contributed by atoms with van der Waals surface area (Å²) in [6.45, 7) is 2.36. The third-order valence-corrected chi connectivity index (χ3v) is 3.94. The van der Waals surface area contributed by atoms with Gasteiger partial charge in [0.2, 0.25) is 0 Å². The average Bonchev–Trinajstić information content (AvgIpc) is 3.17. The largest absolute Gasteiger partial charge is 0.462 e. The average molecular weight is 379 g/mol. The lowest BCUT2D eigenvalue weighted by Gasteiger charge is -2.10. The molecule has 0 saturated carbocycles. The fourth-order valence-corrected chi connectivity index (χ4v) is 2.50. The van der Waals surface area contributed by atoms with Gasteiger partial charge in [-0.15, -0.1) is 0 Å². The van der Waals surface area contributed by atoms with E-state index in [4.69, 9.17) is 9.26 Å². The molecular weight excluding hydrogens is 358 g/mol. The van der Waals surface area contributed by atoms with Gasteiger partial charge >= 0.3 is 12.0 Å². The molecule has 0 unspecified atom stereocenters. The van der Waals surface area contributed by atoms with Crippen LogP contribution in [0.1, 0.15) is 30.1 Å². The molecule has 7 heteroatoms. The number of ether oxygens (including phenoxy) is 1. The Labute approximate surface area is 162 Å². The highest BCUT2D eigenvalue weighted by Crippen LogP contribution is 2.22. The number of unbranched alkanes of at least 4 members (excludes halogenated alkanes) is 1. The van der Waals surface area contributed by atoms with Crippen molar-refractivity contribution in [1.29, 1.82) is 0 Å². The van der Waals surface area contributed by atoms with Crippen LogP contribution in [0.25, 0.3) is 11.3 Å². The Hall–Kier alpha value is -3.61. The van der Waals surface area contributed by atoms with E-state index in [1.54, 1.807) is 30.3 Å². The van der Waals surface area contributed by atoms with Crippen LogP contribution in [0.4, 0.5) is 16.3 Å². The second-order valence-electron chi connectivity index (χ2n) is 6.06. The number of para-hydroxylation sites is 1. The van der Waals surface area contributed by atoms with Gasteiger partial charge < -0.3 is 14.6 Å². The van der Waals surface area contributed by atoms with Crippen molar-refractivity contribution in [3.8, 4) is 11.3 Å². The lowest BCUT2D eigenvalue weighted by Crippen LogP contribution is -2.21. The lowest BCUT2D eigenvalue weighted by molar-refractivity contribution is 0.0501. The molecule has 0 radical (unpaired) electrons. The summed E-state index contributed by atoms with van der Waals surface area (Å²) in [6.07, 6.45) is 1.72. The summed E-state index contributed by atoms with van der Waals surface area (Å²) in [4.78, 5) is 24.5. The molecular formula is C21H21N3O4. The van der Waals surface area contributed by atoms with Crippen molar-refractivity contribution in [2.45, 2.75) is 19.8 Å². The van der Waals surface area contributed by atoms with Crippen LogP contribution in [0.2, 0.25) is 0 Å². The minimum Gasteiger partial charge on any atom is -0.462 e. The van der Waals surface area contributed by atoms with Gasteiger partial charge in [-0.25, -0.2) is 9.59 Å². The molecule has 0 aliphatic carbocycles. The van der Waals surface area contributed by atoms with Gasteiger partial charge in [0.05, 0.1) is 17.9 Å². The molecule has 28 heavy (non-hydrogen) atoms. The van der Waals surface area contributed by atoms with Crippen molar-refractivity contribution in [3.63, 3.8) is 0 Å². The Morgan fingerprint density at radius 3 is 2.57 bits per heavy atom. The van der Waals surface area contributed by atoms with E-state index in [2.05, 4.69) is 15.8 Å². The summed E-state index contributed by atoms with van der Waals surface area (Å²) in [5, 5.41) is 9.08. The van der Waals surface area contributed by atoms with Crippen molar-refractivity contribution in [2.24, 2.45) is 0 Å². The number of rotatable bonds is 7. The first-order chi connectivity index (χ1) is 13.7. The quantitative estimate of drug-likeness (QED) is 0.448. The molecule has 1 aromatic heterocycles. The van der Waals surface area contributed by atoms with Gasteiger partial charge in [-0.2, -0.15) is 0 Å². The standard InChI is InChI=1S/C21H21N3O4/c1-2-3-13-27-20(25)16-11-7-8-12-17(16)22-21(26)23-19-14-18(28-24-19)15-9-5-4-6-10-15/h4-12,14H,2-3,13H2,1H3,(H2,22,23,24,26). The highest BCUT2D eigenvalue weighted by atomic mass is 16.5. The minimum absolute atomic E-state index is 0.263. The van der Waals surface area contributed by atoms with Gasteiger partial charge in [-0.05, 0) is 18.6 Å². The first-order valence-corrected chi connectivity index (χ1v) is 9.03. The first-order valence-electron chi connectivity index (χ1n) is 9.03. The van der Waals surface area contributed by atoms with Gasteiger partial charge in [0.25, 0.3) is 0 Å². The van der Waals surface area contributed by atoms with Crippen LogP contribution >= 0.6 is 0 Å². The molecule has 2 aromatic carbocycles. The van der Waals surface area contributed by atoms with Gasteiger partial charge in [0.1, 0.15) is 0 Å². The summed E-state index contributed by atoms with van der Waals surface area (Å²) >= 11 is 0. The maximum atomic E-state index is 12.3. The third-order valence-electron chi connectivity index (χ3n) is 3.94. The Bertz CT molecular complexity index is 938. The first kappa shape index (κ1) is 19.2. The number of carbonyl (C=O) groups excluding carboxylic acids is 2. The van der Waals surface area contributed by atoms with E-state index < -0.39 is 12.0 Å². The van der Waals surface area contributed by atoms with Gasteiger partial charge in [-0.3, -0.25) is 5.32 Å². The number of amides is 2. The molecule has 144 valence electrons. The van der Waals surface area contributed by atoms with Crippen LogP contribution in [0.5, 0.6) is 0 Å². The Balaban J connectivity index is 1.64. The fraction of sp³-hybridized carbons (Fsp3) is 0.190. The number of urea groups is 1. The molecule has 0 fully saturated rings. The van der Waals surface area contributed by atoms with Crippen LogP contribution in [0.3, 0.4) is 0 Å². The van der Waals surface area contributed by atoms with Gasteiger partial charge in [-0.1, -0.05) is 61.0 Å². The van der Waals surface area contributed by atoms with E-state index in [-0.39, 0.29) is 5.82 Å². The van der Waals surface area contributed by atoms with Crippen LogP contribution in [-0.2, 0) is 4.74 Å². The third kappa shape index (κ3) is 4.97. The van der Waals surface area contributed by atoms with Crippen molar-refractivity contribution in [2.75, 3.05) is 17.2 Å². The zero-order chi connectivity index (χ0) is 19.8. The van der Waals surface area contributed by atoms with Crippen molar-refractivity contribution >= 4 is 23.5 Å². The van der Waals surface area contributed by atoms with E-state index in [1.807, 2.05) is 37.3 Å². The smallest absolute Gasteiger partial charge is 0.340 e. The summed E-state index contributed by atoms with van der Waals surface area (Å²) in [6, 6.07) is 17.2. The number of carbonyl (C=O) groups is 2. The lowest BCUT2D eigenvalue weighted by atomic mass is 10.2. The molecule has 0 aliphatic rings. The van der Waals surface area contributed by atoms with Crippen LogP contribution in [0, 0.1) is 0 Å². The highest BCUT2D eigenvalue weighted by molar-refractivity contribution is 6.04. The molecule has 7 nitrogen and oxygen atoms in total. The summed E-state index contributed by atoms with van der Waals surface area (Å²) < 4.78 is 10.5. The van der Waals surface area contributed by atoms with E-state index in [0.717, 1.165) is 18.4 Å². The maximum Gasteiger partial charge on any atom is 0.340 e. The molecule has 1 heterocycles.